The van der Waals surface area contributed by atoms with E-state index in [9.17, 15) is 0 Å². The van der Waals surface area contributed by atoms with Crippen LogP contribution in [0.1, 0.15) is 0 Å². The molecule has 0 radical (unpaired) electrons. The molecule has 1 N–H and O–H groups in total. The van der Waals surface area contributed by atoms with E-state index in [1.54, 1.807) is 0 Å². The molecule has 4 nitrogen and oxygen atoms in total. The number of halogens is 1. The second-order valence-corrected chi connectivity index (χ2v) is 3.90. The van der Waals surface area contributed by atoms with Gasteiger partial charge in [-0.3, -0.25) is 0 Å². The first-order chi connectivity index (χ1) is 7.31. The summed E-state index contributed by atoms with van der Waals surface area (Å²) in [5.74, 6) is 0.690. The van der Waals surface area contributed by atoms with Gasteiger partial charge in [-0.2, -0.15) is 0 Å². The fraction of sp³-hybridized carbons (Fsp3) is 0.200. The summed E-state index contributed by atoms with van der Waals surface area (Å²) < 4.78 is 6.10. The first-order valence-corrected chi connectivity index (χ1v) is 5.22. The average molecular weight is 266 g/mol. The van der Waals surface area contributed by atoms with Gasteiger partial charge in [0.1, 0.15) is 0 Å². The Balaban J connectivity index is 2.28. The van der Waals surface area contributed by atoms with Gasteiger partial charge < -0.3 is 14.7 Å². The van der Waals surface area contributed by atoms with Gasteiger partial charge in [0.2, 0.25) is 6.54 Å². The maximum absolute atomic E-state index is 6.66. The Morgan fingerprint density at radius 2 is 2.40 bits per heavy atom. The molecule has 2 aromatic rings. The van der Waals surface area contributed by atoms with Crippen LogP contribution < -0.4 is 5.32 Å². The summed E-state index contributed by atoms with van der Waals surface area (Å²) in [5.41, 5.74) is 0.739. The molecule has 1 heterocycles. The number of rotatable bonds is 3. The van der Waals surface area contributed by atoms with Crippen molar-refractivity contribution in [1.82, 2.24) is 5.16 Å². The van der Waals surface area contributed by atoms with Crippen LogP contribution >= 0.6 is 15.9 Å². The van der Waals surface area contributed by atoms with Crippen molar-refractivity contribution >= 4 is 32.7 Å². The summed E-state index contributed by atoms with van der Waals surface area (Å²) in [4.78, 5) is 3.25. The lowest BCUT2D eigenvalue weighted by Gasteiger charge is -1.96. The van der Waals surface area contributed by atoms with E-state index in [0.29, 0.717) is 18.9 Å². The van der Waals surface area contributed by atoms with Crippen LogP contribution in [0.4, 0.5) is 5.82 Å². The minimum atomic E-state index is 0.433. The summed E-state index contributed by atoms with van der Waals surface area (Å²) >= 11 is 3.39. The van der Waals surface area contributed by atoms with Gasteiger partial charge in [-0.05, 0) is 18.2 Å². The fourth-order valence-corrected chi connectivity index (χ4v) is 1.63. The van der Waals surface area contributed by atoms with Crippen LogP contribution in [-0.4, -0.2) is 18.2 Å². The Morgan fingerprint density at radius 3 is 3.20 bits per heavy atom. The second kappa shape index (κ2) is 4.32. The van der Waals surface area contributed by atoms with Crippen molar-refractivity contribution in [1.29, 1.82) is 0 Å². The number of nitrogens with zero attached hydrogens (tertiary/aromatic N) is 2. The number of hydrogen-bond acceptors (Lipinski definition) is 3. The Hall–Kier alpha value is -1.54. The highest BCUT2D eigenvalue weighted by Crippen LogP contribution is 2.25. The van der Waals surface area contributed by atoms with Crippen molar-refractivity contribution in [3.63, 3.8) is 0 Å². The topological polar surface area (TPSA) is 42.4 Å². The van der Waals surface area contributed by atoms with Crippen molar-refractivity contribution in [3.8, 4) is 0 Å². The van der Waals surface area contributed by atoms with Crippen LogP contribution in [0.2, 0.25) is 0 Å². The van der Waals surface area contributed by atoms with Gasteiger partial charge in [-0.15, -0.1) is 0 Å². The van der Waals surface area contributed by atoms with E-state index in [-0.39, 0.29) is 0 Å². The van der Waals surface area contributed by atoms with Crippen molar-refractivity contribution in [2.24, 2.45) is 0 Å². The summed E-state index contributed by atoms with van der Waals surface area (Å²) in [6, 6.07) is 5.69. The standard InChI is InChI=1S/C10H8BrN3O/c1-12-4-5-13-10-8-6-7(11)2-3-9(8)15-14-10/h2-3,6H,4-5H2,(H,13,14). The lowest BCUT2D eigenvalue weighted by atomic mass is 10.2. The van der Waals surface area contributed by atoms with Gasteiger partial charge in [-0.1, -0.05) is 21.1 Å². The molecular formula is C10H8BrN3O. The number of benzene rings is 1. The Morgan fingerprint density at radius 1 is 1.53 bits per heavy atom. The summed E-state index contributed by atoms with van der Waals surface area (Å²) in [5, 5.41) is 7.88. The van der Waals surface area contributed by atoms with Crippen LogP contribution in [0.25, 0.3) is 15.8 Å². The molecule has 0 unspecified atom stereocenters. The molecule has 1 aromatic heterocycles. The minimum Gasteiger partial charge on any atom is -0.359 e. The maximum Gasteiger partial charge on any atom is 0.231 e. The van der Waals surface area contributed by atoms with Crippen LogP contribution in [0.15, 0.2) is 27.2 Å². The molecule has 2 rings (SSSR count). The zero-order valence-corrected chi connectivity index (χ0v) is 9.41. The molecule has 0 bridgehead atoms. The average Bonchev–Trinajstić information content (AvgIpc) is 2.62. The number of hydrogen-bond donors (Lipinski definition) is 1. The summed E-state index contributed by atoms with van der Waals surface area (Å²) in [6.45, 7) is 7.68. The van der Waals surface area contributed by atoms with Gasteiger partial charge in [0.25, 0.3) is 0 Å². The van der Waals surface area contributed by atoms with Gasteiger partial charge in [0.05, 0.1) is 11.9 Å². The molecule has 0 amide bonds. The van der Waals surface area contributed by atoms with Crippen LogP contribution in [0.5, 0.6) is 0 Å². The van der Waals surface area contributed by atoms with E-state index < -0.39 is 0 Å². The molecular weight excluding hydrogens is 258 g/mol. The highest BCUT2D eigenvalue weighted by molar-refractivity contribution is 9.10. The first-order valence-electron chi connectivity index (χ1n) is 4.43. The third-order valence-corrected chi connectivity index (χ3v) is 2.44. The quantitative estimate of drug-likeness (QED) is 0.686. The zero-order chi connectivity index (χ0) is 10.7. The molecule has 0 aliphatic carbocycles. The van der Waals surface area contributed by atoms with E-state index in [1.165, 1.54) is 0 Å². The Labute approximate surface area is 95.2 Å². The van der Waals surface area contributed by atoms with Gasteiger partial charge in [-0.25, -0.2) is 6.57 Å². The van der Waals surface area contributed by atoms with E-state index in [1.807, 2.05) is 18.2 Å². The molecule has 15 heavy (non-hydrogen) atoms. The van der Waals surface area contributed by atoms with Crippen molar-refractivity contribution in [2.75, 3.05) is 18.4 Å². The number of fused-ring (bicyclic) bond motifs is 1. The molecule has 76 valence electrons. The molecule has 0 saturated heterocycles. The number of aromatic nitrogens is 1. The lowest BCUT2D eigenvalue weighted by molar-refractivity contribution is 0.459. The third-order valence-electron chi connectivity index (χ3n) is 1.95. The highest BCUT2D eigenvalue weighted by Gasteiger charge is 2.07. The maximum atomic E-state index is 6.66. The smallest absolute Gasteiger partial charge is 0.231 e. The molecule has 0 aliphatic rings. The van der Waals surface area contributed by atoms with Crippen LogP contribution in [0, 0.1) is 6.57 Å². The van der Waals surface area contributed by atoms with Gasteiger partial charge in [0, 0.05) is 4.47 Å². The predicted octanol–water partition coefficient (Wildman–Crippen LogP) is 2.92. The summed E-state index contributed by atoms with van der Waals surface area (Å²) in [7, 11) is 0. The monoisotopic (exact) mass is 265 g/mol. The fourth-order valence-electron chi connectivity index (χ4n) is 1.27. The van der Waals surface area contributed by atoms with Gasteiger partial charge in [0.15, 0.2) is 11.4 Å². The summed E-state index contributed by atoms with van der Waals surface area (Å²) in [6.07, 6.45) is 0. The normalized spacial score (nSPS) is 10.1. The van der Waals surface area contributed by atoms with Crippen LogP contribution in [0.3, 0.4) is 0 Å². The zero-order valence-electron chi connectivity index (χ0n) is 7.83. The lowest BCUT2D eigenvalue weighted by Crippen LogP contribution is -2.03. The minimum absolute atomic E-state index is 0.433. The SMILES string of the molecule is [C-]#[N+]CCNc1noc2ccc(Br)cc12. The molecule has 0 spiro atoms. The Kier molecular flexibility index (Phi) is 2.88. The largest absolute Gasteiger partial charge is 0.359 e. The molecule has 0 aliphatic heterocycles. The highest BCUT2D eigenvalue weighted by atomic mass is 79.9. The predicted molar refractivity (Wildman–Crippen MR) is 61.7 cm³/mol. The first kappa shape index (κ1) is 9.99. The number of nitrogens with one attached hydrogen (secondary N) is 1. The molecule has 0 atom stereocenters. The van der Waals surface area contributed by atoms with E-state index in [0.717, 1.165) is 15.4 Å². The number of anilines is 1. The Bertz CT molecular complexity index is 515. The van der Waals surface area contributed by atoms with Crippen molar-refractivity contribution < 1.29 is 4.52 Å². The van der Waals surface area contributed by atoms with Crippen molar-refractivity contribution in [3.05, 3.63) is 34.1 Å². The second-order valence-electron chi connectivity index (χ2n) is 2.98. The van der Waals surface area contributed by atoms with Gasteiger partial charge >= 0.3 is 0 Å². The molecule has 0 saturated carbocycles. The van der Waals surface area contributed by atoms with E-state index in [2.05, 4.69) is 31.2 Å². The van der Waals surface area contributed by atoms with Crippen LogP contribution in [-0.2, 0) is 0 Å². The third kappa shape index (κ3) is 2.10. The molecule has 0 fully saturated rings. The molecule has 1 aromatic carbocycles. The molecule has 5 heteroatoms. The van der Waals surface area contributed by atoms with E-state index in [4.69, 9.17) is 11.1 Å². The van der Waals surface area contributed by atoms with Crippen molar-refractivity contribution in [2.45, 2.75) is 0 Å². The van der Waals surface area contributed by atoms with E-state index >= 15 is 0 Å².